The van der Waals surface area contributed by atoms with Crippen molar-refractivity contribution in [3.8, 4) is 0 Å². The molecule has 6 nitrogen and oxygen atoms in total. The van der Waals surface area contributed by atoms with Crippen LogP contribution >= 0.6 is 0 Å². The van der Waals surface area contributed by atoms with Crippen LogP contribution in [0.25, 0.3) is 0 Å². The number of piperidine rings is 1. The van der Waals surface area contributed by atoms with Crippen molar-refractivity contribution in [2.24, 2.45) is 0 Å². The first-order chi connectivity index (χ1) is 15.6. The predicted molar refractivity (Wildman–Crippen MR) is 130 cm³/mol. The molecule has 1 saturated heterocycles. The lowest BCUT2D eigenvalue weighted by atomic mass is 10.0. The highest BCUT2D eigenvalue weighted by molar-refractivity contribution is 6.05. The summed E-state index contributed by atoms with van der Waals surface area (Å²) in [5.41, 5.74) is 4.92. The lowest BCUT2D eigenvalue weighted by Crippen LogP contribution is -2.43. The predicted octanol–water partition coefficient (Wildman–Crippen LogP) is 4.40. The number of nitrogens with one attached hydrogen (secondary N) is 2. The number of hydrogen-bond donors (Lipinski definition) is 2. The highest BCUT2D eigenvalue weighted by Crippen LogP contribution is 2.23. The van der Waals surface area contributed by atoms with Gasteiger partial charge in [0, 0.05) is 55.0 Å². The van der Waals surface area contributed by atoms with Crippen molar-refractivity contribution in [3.63, 3.8) is 0 Å². The summed E-state index contributed by atoms with van der Waals surface area (Å²) >= 11 is 0. The molecular formula is C26H33N5O. The standard InChI is InChI=1S/C26H33N5O/c1-20-5-10-25(21(2)19-20)26(32)29-23-6-8-24(9-7-23)30-17-11-22(12-18-30)27-13-3-15-31-16-4-14-28-31/h4-10,14,16,19,22,27H,3,11-13,15,17-18H2,1-2H3,(H,29,32). The molecule has 0 unspecified atom stereocenters. The van der Waals surface area contributed by atoms with Crippen molar-refractivity contribution >= 4 is 17.3 Å². The van der Waals surface area contributed by atoms with E-state index >= 15 is 0 Å². The fourth-order valence-electron chi connectivity index (χ4n) is 4.34. The second kappa shape index (κ2) is 10.5. The Labute approximate surface area is 190 Å². The molecule has 2 heterocycles. The van der Waals surface area contributed by atoms with Crippen LogP contribution in [0, 0.1) is 13.8 Å². The van der Waals surface area contributed by atoms with Crippen LogP contribution in [-0.4, -0.2) is 41.4 Å². The number of aromatic nitrogens is 2. The number of hydrogen-bond acceptors (Lipinski definition) is 4. The van der Waals surface area contributed by atoms with Crippen molar-refractivity contribution in [1.29, 1.82) is 0 Å². The lowest BCUT2D eigenvalue weighted by molar-refractivity contribution is 0.102. The Bertz CT molecular complexity index is 1010. The maximum absolute atomic E-state index is 12.6. The number of rotatable bonds is 8. The third-order valence-electron chi connectivity index (χ3n) is 6.17. The van der Waals surface area contributed by atoms with Gasteiger partial charge < -0.3 is 15.5 Å². The SMILES string of the molecule is Cc1ccc(C(=O)Nc2ccc(N3CCC(NCCCn4cccn4)CC3)cc2)c(C)c1. The van der Waals surface area contributed by atoms with E-state index in [9.17, 15) is 4.79 Å². The van der Waals surface area contributed by atoms with Gasteiger partial charge in [0.1, 0.15) is 0 Å². The van der Waals surface area contributed by atoms with E-state index in [-0.39, 0.29) is 5.91 Å². The Kier molecular flexibility index (Phi) is 7.22. The van der Waals surface area contributed by atoms with E-state index in [1.165, 1.54) is 5.69 Å². The molecular weight excluding hydrogens is 398 g/mol. The largest absolute Gasteiger partial charge is 0.371 e. The summed E-state index contributed by atoms with van der Waals surface area (Å²) in [6.45, 7) is 8.10. The molecule has 3 aromatic rings. The molecule has 1 fully saturated rings. The molecule has 0 spiro atoms. The third kappa shape index (κ3) is 5.77. The summed E-state index contributed by atoms with van der Waals surface area (Å²) in [5.74, 6) is -0.0605. The lowest BCUT2D eigenvalue weighted by Gasteiger charge is -2.34. The minimum absolute atomic E-state index is 0.0605. The van der Waals surface area contributed by atoms with Crippen LogP contribution in [0.3, 0.4) is 0 Å². The van der Waals surface area contributed by atoms with Gasteiger partial charge in [0.05, 0.1) is 0 Å². The molecule has 2 aromatic carbocycles. The zero-order chi connectivity index (χ0) is 22.3. The zero-order valence-electron chi connectivity index (χ0n) is 19.1. The van der Waals surface area contributed by atoms with E-state index in [1.54, 1.807) is 0 Å². The molecule has 168 valence electrons. The molecule has 0 bridgehead atoms. The van der Waals surface area contributed by atoms with Crippen molar-refractivity contribution in [1.82, 2.24) is 15.1 Å². The van der Waals surface area contributed by atoms with Crippen LogP contribution in [0.2, 0.25) is 0 Å². The van der Waals surface area contributed by atoms with Crippen LogP contribution in [0.5, 0.6) is 0 Å². The summed E-state index contributed by atoms with van der Waals surface area (Å²) in [6, 6.07) is 16.7. The molecule has 32 heavy (non-hydrogen) atoms. The Balaban J connectivity index is 1.22. The summed E-state index contributed by atoms with van der Waals surface area (Å²) < 4.78 is 1.98. The van der Waals surface area contributed by atoms with Gasteiger partial charge >= 0.3 is 0 Å². The first-order valence-corrected chi connectivity index (χ1v) is 11.5. The summed E-state index contributed by atoms with van der Waals surface area (Å²) in [5, 5.41) is 11.0. The molecule has 0 aliphatic carbocycles. The molecule has 6 heteroatoms. The van der Waals surface area contributed by atoms with Gasteiger partial charge in [0.2, 0.25) is 0 Å². The molecule has 1 amide bonds. The summed E-state index contributed by atoms with van der Waals surface area (Å²) in [4.78, 5) is 15.0. The third-order valence-corrected chi connectivity index (χ3v) is 6.17. The summed E-state index contributed by atoms with van der Waals surface area (Å²) in [6.07, 6.45) is 7.23. The van der Waals surface area contributed by atoms with Gasteiger partial charge in [-0.15, -0.1) is 0 Å². The smallest absolute Gasteiger partial charge is 0.255 e. The maximum Gasteiger partial charge on any atom is 0.255 e. The monoisotopic (exact) mass is 431 g/mol. The van der Waals surface area contributed by atoms with Crippen molar-refractivity contribution in [3.05, 3.63) is 77.6 Å². The van der Waals surface area contributed by atoms with Crippen molar-refractivity contribution < 1.29 is 4.79 Å². The number of benzene rings is 2. The first kappa shape index (κ1) is 22.1. The molecule has 1 aliphatic heterocycles. The molecule has 0 atom stereocenters. The normalized spacial score (nSPS) is 14.5. The average Bonchev–Trinajstić information content (AvgIpc) is 3.31. The van der Waals surface area contributed by atoms with Crippen LogP contribution in [-0.2, 0) is 6.54 Å². The van der Waals surface area contributed by atoms with E-state index in [0.29, 0.717) is 6.04 Å². The molecule has 1 aromatic heterocycles. The minimum atomic E-state index is -0.0605. The van der Waals surface area contributed by atoms with Crippen molar-refractivity contribution in [2.45, 2.75) is 45.7 Å². The maximum atomic E-state index is 12.6. The van der Waals surface area contributed by atoms with E-state index in [0.717, 1.165) is 67.8 Å². The van der Waals surface area contributed by atoms with E-state index in [2.05, 4.69) is 32.8 Å². The average molecular weight is 432 g/mol. The van der Waals surface area contributed by atoms with Crippen molar-refractivity contribution in [2.75, 3.05) is 29.9 Å². The second-order valence-corrected chi connectivity index (χ2v) is 8.66. The minimum Gasteiger partial charge on any atom is -0.371 e. The summed E-state index contributed by atoms with van der Waals surface area (Å²) in [7, 11) is 0. The van der Waals surface area contributed by atoms with Crippen LogP contribution in [0.4, 0.5) is 11.4 Å². The highest BCUT2D eigenvalue weighted by atomic mass is 16.1. The van der Waals surface area contributed by atoms with Crippen LogP contribution in [0.15, 0.2) is 60.9 Å². The molecule has 0 radical (unpaired) electrons. The number of carbonyl (C=O) groups excluding carboxylic acids is 1. The molecule has 2 N–H and O–H groups in total. The molecule has 1 aliphatic rings. The van der Waals surface area contributed by atoms with Crippen LogP contribution < -0.4 is 15.5 Å². The fourth-order valence-corrected chi connectivity index (χ4v) is 4.34. The quantitative estimate of drug-likeness (QED) is 0.519. The van der Waals surface area contributed by atoms with Gasteiger partial charge in [-0.3, -0.25) is 9.48 Å². The van der Waals surface area contributed by atoms with Gasteiger partial charge in [-0.05, 0) is 81.6 Å². The number of anilines is 2. The van der Waals surface area contributed by atoms with E-state index in [4.69, 9.17) is 0 Å². The van der Waals surface area contributed by atoms with Gasteiger partial charge in [0.25, 0.3) is 5.91 Å². The van der Waals surface area contributed by atoms with Gasteiger partial charge in [-0.1, -0.05) is 17.7 Å². The van der Waals surface area contributed by atoms with Gasteiger partial charge in [-0.2, -0.15) is 5.10 Å². The Morgan fingerprint density at radius 2 is 1.88 bits per heavy atom. The first-order valence-electron chi connectivity index (χ1n) is 11.5. The zero-order valence-corrected chi connectivity index (χ0v) is 19.1. The number of aryl methyl sites for hydroxylation is 3. The van der Waals surface area contributed by atoms with Gasteiger partial charge in [0.15, 0.2) is 0 Å². The Morgan fingerprint density at radius 1 is 1.09 bits per heavy atom. The van der Waals surface area contributed by atoms with Crippen LogP contribution in [0.1, 0.15) is 40.7 Å². The Morgan fingerprint density at radius 3 is 2.56 bits per heavy atom. The Hall–Kier alpha value is -3.12. The van der Waals surface area contributed by atoms with E-state index in [1.807, 2.05) is 67.3 Å². The van der Waals surface area contributed by atoms with E-state index < -0.39 is 0 Å². The molecule has 0 saturated carbocycles. The topological polar surface area (TPSA) is 62.2 Å². The number of amides is 1. The highest BCUT2D eigenvalue weighted by Gasteiger charge is 2.19. The number of nitrogens with zero attached hydrogens (tertiary/aromatic N) is 3. The fraction of sp³-hybridized carbons (Fsp3) is 0.385. The van der Waals surface area contributed by atoms with Gasteiger partial charge in [-0.25, -0.2) is 0 Å². The molecule has 4 rings (SSSR count). The number of carbonyl (C=O) groups is 1. The second-order valence-electron chi connectivity index (χ2n) is 8.66.